The van der Waals surface area contributed by atoms with E-state index in [0.717, 1.165) is 51.8 Å². The van der Waals surface area contributed by atoms with Gasteiger partial charge in [0.05, 0.1) is 6.10 Å². The number of aliphatic carboxylic acids is 1. The van der Waals surface area contributed by atoms with Crippen LogP contribution in [0.25, 0.3) is 0 Å². The van der Waals surface area contributed by atoms with Gasteiger partial charge in [-0.25, -0.2) is 0 Å². The maximum absolute atomic E-state index is 10.8. The minimum absolute atomic E-state index is 0.330. The lowest BCUT2D eigenvalue weighted by molar-refractivity contribution is -0.138. The van der Waals surface area contributed by atoms with Crippen LogP contribution in [0, 0.1) is 5.92 Å². The van der Waals surface area contributed by atoms with Gasteiger partial charge >= 0.3 is 5.97 Å². The average Bonchev–Trinajstić information content (AvgIpc) is 2.38. The highest BCUT2D eigenvalue weighted by Crippen LogP contribution is 2.27. The summed E-state index contributed by atoms with van der Waals surface area (Å²) < 4.78 is 5.72. The van der Waals surface area contributed by atoms with Crippen LogP contribution in [0.1, 0.15) is 45.4 Å². The summed E-state index contributed by atoms with van der Waals surface area (Å²) in [5.74, 6) is -0.306. The molecule has 0 amide bonds. The number of hydrogen-bond acceptors (Lipinski definition) is 3. The highest BCUT2D eigenvalue weighted by Gasteiger charge is 2.30. The van der Waals surface area contributed by atoms with Crippen molar-refractivity contribution in [1.29, 1.82) is 0 Å². The molecule has 3 atom stereocenters. The van der Waals surface area contributed by atoms with Crippen molar-refractivity contribution in [3.63, 3.8) is 0 Å². The van der Waals surface area contributed by atoms with Crippen LogP contribution < -0.4 is 0 Å². The number of ether oxygens (including phenoxy) is 1. The molecule has 2 saturated heterocycles. The van der Waals surface area contributed by atoms with Crippen LogP contribution in [0.3, 0.4) is 0 Å². The van der Waals surface area contributed by atoms with Crippen molar-refractivity contribution in [2.45, 2.75) is 57.6 Å². The largest absolute Gasteiger partial charge is 0.481 e. The van der Waals surface area contributed by atoms with E-state index in [9.17, 15) is 4.79 Å². The van der Waals surface area contributed by atoms with E-state index in [0.29, 0.717) is 24.5 Å². The first-order valence-corrected chi connectivity index (χ1v) is 7.26. The van der Waals surface area contributed by atoms with Crippen LogP contribution in [-0.2, 0) is 9.53 Å². The highest BCUT2D eigenvalue weighted by molar-refractivity contribution is 5.67. The Morgan fingerprint density at radius 1 is 1.44 bits per heavy atom. The topological polar surface area (TPSA) is 49.8 Å². The Hall–Kier alpha value is -0.610. The maximum Gasteiger partial charge on any atom is 0.303 e. The molecule has 0 aromatic rings. The summed E-state index contributed by atoms with van der Waals surface area (Å²) >= 11 is 0. The molecule has 0 bridgehead atoms. The Bertz CT molecular complexity index is 282. The quantitative estimate of drug-likeness (QED) is 0.836. The molecule has 3 unspecified atom stereocenters. The van der Waals surface area contributed by atoms with Crippen molar-refractivity contribution in [3.05, 3.63) is 0 Å². The van der Waals surface area contributed by atoms with Gasteiger partial charge in [0.15, 0.2) is 0 Å². The van der Waals surface area contributed by atoms with E-state index >= 15 is 0 Å². The molecule has 0 aromatic heterocycles. The fourth-order valence-corrected chi connectivity index (χ4v) is 3.32. The predicted octanol–water partition coefficient (Wildman–Crippen LogP) is 2.13. The van der Waals surface area contributed by atoms with Crippen LogP contribution in [0.2, 0.25) is 0 Å². The molecule has 1 N–H and O–H groups in total. The molecule has 0 aromatic carbocycles. The summed E-state index contributed by atoms with van der Waals surface area (Å²) in [6.45, 7) is 5.14. The van der Waals surface area contributed by atoms with Gasteiger partial charge in [0, 0.05) is 25.6 Å². The lowest BCUT2D eigenvalue weighted by atomic mass is 9.91. The molecule has 2 rings (SSSR count). The summed E-state index contributed by atoms with van der Waals surface area (Å²) in [7, 11) is 0. The zero-order valence-electron chi connectivity index (χ0n) is 11.3. The van der Waals surface area contributed by atoms with E-state index in [1.54, 1.807) is 0 Å². The molecule has 0 aliphatic carbocycles. The summed E-state index contributed by atoms with van der Waals surface area (Å²) in [6.07, 6.45) is 6.27. The summed E-state index contributed by atoms with van der Waals surface area (Å²) in [5, 5.41) is 8.90. The average molecular weight is 255 g/mol. The Morgan fingerprint density at radius 2 is 2.28 bits per heavy atom. The fourth-order valence-electron chi connectivity index (χ4n) is 3.32. The van der Waals surface area contributed by atoms with E-state index < -0.39 is 5.97 Å². The molecule has 0 spiro atoms. The van der Waals surface area contributed by atoms with Crippen molar-refractivity contribution in [2.24, 2.45) is 5.92 Å². The number of nitrogens with zero attached hydrogens (tertiary/aromatic N) is 1. The number of rotatable bonds is 4. The van der Waals surface area contributed by atoms with Crippen molar-refractivity contribution < 1.29 is 14.6 Å². The van der Waals surface area contributed by atoms with Gasteiger partial charge in [-0.1, -0.05) is 6.92 Å². The van der Waals surface area contributed by atoms with Gasteiger partial charge in [-0.05, 0) is 44.6 Å². The van der Waals surface area contributed by atoms with Gasteiger partial charge in [-0.3, -0.25) is 9.69 Å². The molecule has 0 radical (unpaired) electrons. The second kappa shape index (κ2) is 6.53. The first-order chi connectivity index (χ1) is 8.69. The van der Waals surface area contributed by atoms with E-state index in [4.69, 9.17) is 9.84 Å². The molecular formula is C14H25NO3. The van der Waals surface area contributed by atoms with Gasteiger partial charge in [-0.15, -0.1) is 0 Å². The van der Waals surface area contributed by atoms with Crippen molar-refractivity contribution in [1.82, 2.24) is 4.90 Å². The van der Waals surface area contributed by atoms with E-state index in [2.05, 4.69) is 11.8 Å². The van der Waals surface area contributed by atoms with Crippen LogP contribution in [-0.4, -0.2) is 47.8 Å². The number of hydrogen-bond donors (Lipinski definition) is 1. The molecule has 2 aliphatic rings. The minimum atomic E-state index is -0.653. The van der Waals surface area contributed by atoms with Gasteiger partial charge in [-0.2, -0.15) is 0 Å². The number of piperidine rings is 1. The highest BCUT2D eigenvalue weighted by atomic mass is 16.5. The van der Waals surface area contributed by atoms with Crippen LogP contribution >= 0.6 is 0 Å². The van der Waals surface area contributed by atoms with E-state index in [1.807, 2.05) is 0 Å². The van der Waals surface area contributed by atoms with E-state index in [1.165, 1.54) is 0 Å². The number of likely N-dealkylation sites (tertiary alicyclic amines) is 1. The number of carbonyl (C=O) groups is 1. The Kier molecular flexibility index (Phi) is 5.01. The predicted molar refractivity (Wildman–Crippen MR) is 69.6 cm³/mol. The second-order valence-electron chi connectivity index (χ2n) is 5.68. The Morgan fingerprint density at radius 3 is 3.00 bits per heavy atom. The van der Waals surface area contributed by atoms with Crippen molar-refractivity contribution in [2.75, 3.05) is 19.7 Å². The third-order valence-electron chi connectivity index (χ3n) is 4.33. The summed E-state index contributed by atoms with van der Waals surface area (Å²) in [5.41, 5.74) is 0. The van der Waals surface area contributed by atoms with Crippen molar-refractivity contribution >= 4 is 5.97 Å². The van der Waals surface area contributed by atoms with Crippen LogP contribution in [0.4, 0.5) is 0 Å². The Labute approximate surface area is 109 Å². The minimum Gasteiger partial charge on any atom is -0.481 e. The first kappa shape index (κ1) is 13.8. The smallest absolute Gasteiger partial charge is 0.303 e. The monoisotopic (exact) mass is 255 g/mol. The van der Waals surface area contributed by atoms with Crippen molar-refractivity contribution in [3.8, 4) is 0 Å². The molecule has 104 valence electrons. The lowest BCUT2D eigenvalue weighted by Crippen LogP contribution is -2.47. The molecule has 2 heterocycles. The van der Waals surface area contributed by atoms with Gasteiger partial charge in [0.1, 0.15) is 0 Å². The molecule has 18 heavy (non-hydrogen) atoms. The summed E-state index contributed by atoms with van der Waals surface area (Å²) in [6, 6.07) is 0.611. The normalized spacial score (nSPS) is 34.4. The van der Waals surface area contributed by atoms with Crippen LogP contribution in [0.15, 0.2) is 0 Å². The third-order valence-corrected chi connectivity index (χ3v) is 4.33. The lowest BCUT2D eigenvalue weighted by Gasteiger charge is -2.41. The first-order valence-electron chi connectivity index (χ1n) is 7.26. The molecule has 2 aliphatic heterocycles. The standard InChI is InChI=1S/C14H25NO3/c1-2-13-9-12(5-7-18-13)15-6-3-4-11(10-15)8-14(16)17/h11-13H,2-10H2,1H3,(H,16,17). The molecule has 4 nitrogen and oxygen atoms in total. The van der Waals surface area contributed by atoms with Gasteiger partial charge < -0.3 is 9.84 Å². The van der Waals surface area contributed by atoms with E-state index in [-0.39, 0.29) is 0 Å². The molecule has 0 saturated carbocycles. The summed E-state index contributed by atoms with van der Waals surface area (Å²) in [4.78, 5) is 13.3. The third kappa shape index (κ3) is 3.69. The Balaban J connectivity index is 1.85. The maximum atomic E-state index is 10.8. The zero-order valence-corrected chi connectivity index (χ0v) is 11.3. The molecular weight excluding hydrogens is 230 g/mol. The van der Waals surface area contributed by atoms with Crippen LogP contribution in [0.5, 0.6) is 0 Å². The van der Waals surface area contributed by atoms with Gasteiger partial charge in [0.2, 0.25) is 0 Å². The molecule has 2 fully saturated rings. The molecule has 4 heteroatoms. The fraction of sp³-hybridized carbons (Fsp3) is 0.929. The second-order valence-corrected chi connectivity index (χ2v) is 5.68. The van der Waals surface area contributed by atoms with Gasteiger partial charge in [0.25, 0.3) is 0 Å². The SMILES string of the molecule is CCC1CC(N2CCCC(CC(=O)O)C2)CCO1. The number of carboxylic acids is 1. The number of carboxylic acid groups (broad SMARTS) is 1. The zero-order chi connectivity index (χ0) is 13.0.